The standard InChI is InChI=1S/C18H31N5S/c1-3-7-21-8-6-16(15-21)14-20-18(19-2)23-11-9-22(10-12-23)17-5-4-13-24-17/h4-5,13,16H,3,6-12,14-15H2,1-2H3,(H,19,20). The fourth-order valence-corrected chi connectivity index (χ4v) is 4.54. The second-order valence-electron chi connectivity index (χ2n) is 6.81. The molecule has 0 aliphatic carbocycles. The minimum Gasteiger partial charge on any atom is -0.360 e. The lowest BCUT2D eigenvalue weighted by atomic mass is 10.1. The average molecular weight is 350 g/mol. The maximum atomic E-state index is 4.52. The lowest BCUT2D eigenvalue weighted by Gasteiger charge is -2.37. The summed E-state index contributed by atoms with van der Waals surface area (Å²) in [7, 11) is 1.91. The molecule has 5 nitrogen and oxygen atoms in total. The van der Waals surface area contributed by atoms with Crippen molar-refractivity contribution in [3.8, 4) is 0 Å². The third kappa shape index (κ3) is 4.42. The van der Waals surface area contributed by atoms with Crippen LogP contribution in [-0.4, -0.2) is 75.2 Å². The highest BCUT2D eigenvalue weighted by Gasteiger charge is 2.24. The number of nitrogens with one attached hydrogen (secondary N) is 1. The van der Waals surface area contributed by atoms with Crippen molar-refractivity contribution in [1.82, 2.24) is 15.1 Å². The molecule has 1 aromatic heterocycles. The lowest BCUT2D eigenvalue weighted by Crippen LogP contribution is -2.53. The Morgan fingerprint density at radius 3 is 2.79 bits per heavy atom. The second-order valence-corrected chi connectivity index (χ2v) is 7.73. The van der Waals surface area contributed by atoms with Crippen molar-refractivity contribution in [3.05, 3.63) is 17.5 Å². The summed E-state index contributed by atoms with van der Waals surface area (Å²) in [6.07, 6.45) is 2.58. The molecule has 1 N–H and O–H groups in total. The van der Waals surface area contributed by atoms with Crippen LogP contribution in [0.15, 0.2) is 22.5 Å². The molecule has 0 spiro atoms. The maximum Gasteiger partial charge on any atom is 0.193 e. The first-order valence-corrected chi connectivity index (χ1v) is 10.1. The largest absolute Gasteiger partial charge is 0.360 e. The number of guanidine groups is 1. The van der Waals surface area contributed by atoms with E-state index in [1.54, 1.807) is 0 Å². The predicted octanol–water partition coefficient (Wildman–Crippen LogP) is 2.18. The highest BCUT2D eigenvalue weighted by Crippen LogP contribution is 2.22. The fourth-order valence-electron chi connectivity index (χ4n) is 3.76. The zero-order valence-electron chi connectivity index (χ0n) is 15.1. The van der Waals surface area contributed by atoms with Gasteiger partial charge in [-0.05, 0) is 49.4 Å². The number of hydrogen-bond acceptors (Lipinski definition) is 4. The van der Waals surface area contributed by atoms with Gasteiger partial charge in [-0.3, -0.25) is 4.99 Å². The summed E-state index contributed by atoms with van der Waals surface area (Å²) in [6.45, 7) is 11.3. The van der Waals surface area contributed by atoms with Crippen molar-refractivity contribution < 1.29 is 0 Å². The molecule has 134 valence electrons. The number of nitrogens with zero attached hydrogens (tertiary/aromatic N) is 4. The summed E-state index contributed by atoms with van der Waals surface area (Å²) >= 11 is 1.83. The number of anilines is 1. The van der Waals surface area contributed by atoms with Gasteiger partial charge in [-0.2, -0.15) is 0 Å². The van der Waals surface area contributed by atoms with Gasteiger partial charge in [-0.25, -0.2) is 0 Å². The highest BCUT2D eigenvalue weighted by molar-refractivity contribution is 7.14. The highest BCUT2D eigenvalue weighted by atomic mass is 32.1. The Labute approximate surface area is 150 Å². The second kappa shape index (κ2) is 8.72. The quantitative estimate of drug-likeness (QED) is 0.653. The van der Waals surface area contributed by atoms with Crippen LogP contribution < -0.4 is 10.2 Å². The third-order valence-corrected chi connectivity index (χ3v) is 6.00. The van der Waals surface area contributed by atoms with E-state index in [1.807, 2.05) is 18.4 Å². The van der Waals surface area contributed by atoms with Crippen molar-refractivity contribution in [1.29, 1.82) is 0 Å². The van der Waals surface area contributed by atoms with Gasteiger partial charge in [-0.1, -0.05) is 6.92 Å². The van der Waals surface area contributed by atoms with E-state index < -0.39 is 0 Å². The molecule has 0 bridgehead atoms. The summed E-state index contributed by atoms with van der Waals surface area (Å²) in [5.74, 6) is 1.84. The molecule has 2 aliphatic rings. The van der Waals surface area contributed by atoms with E-state index in [0.717, 1.165) is 44.6 Å². The molecule has 1 unspecified atom stereocenters. The smallest absolute Gasteiger partial charge is 0.193 e. The molecule has 2 saturated heterocycles. The van der Waals surface area contributed by atoms with Gasteiger partial charge in [-0.15, -0.1) is 11.3 Å². The Bertz CT molecular complexity index is 507. The van der Waals surface area contributed by atoms with Gasteiger partial charge in [0.15, 0.2) is 5.96 Å². The van der Waals surface area contributed by atoms with Crippen LogP contribution in [0.2, 0.25) is 0 Å². The van der Waals surface area contributed by atoms with E-state index in [9.17, 15) is 0 Å². The normalized spacial score (nSPS) is 23.1. The van der Waals surface area contributed by atoms with Crippen molar-refractivity contribution >= 4 is 22.3 Å². The van der Waals surface area contributed by atoms with E-state index in [4.69, 9.17) is 0 Å². The first-order chi connectivity index (χ1) is 11.8. The van der Waals surface area contributed by atoms with Gasteiger partial charge in [0.1, 0.15) is 0 Å². The van der Waals surface area contributed by atoms with Gasteiger partial charge in [0.25, 0.3) is 0 Å². The van der Waals surface area contributed by atoms with Crippen LogP contribution in [0.4, 0.5) is 5.00 Å². The van der Waals surface area contributed by atoms with E-state index in [-0.39, 0.29) is 0 Å². The van der Waals surface area contributed by atoms with Gasteiger partial charge in [0.2, 0.25) is 0 Å². The Morgan fingerprint density at radius 2 is 2.12 bits per heavy atom. The fraction of sp³-hybridized carbons (Fsp3) is 0.722. The van der Waals surface area contributed by atoms with Gasteiger partial charge in [0.05, 0.1) is 5.00 Å². The molecule has 0 amide bonds. The molecule has 24 heavy (non-hydrogen) atoms. The Morgan fingerprint density at radius 1 is 1.29 bits per heavy atom. The molecule has 0 aromatic carbocycles. The predicted molar refractivity (Wildman–Crippen MR) is 104 cm³/mol. The van der Waals surface area contributed by atoms with E-state index >= 15 is 0 Å². The van der Waals surface area contributed by atoms with Crippen LogP contribution in [0.5, 0.6) is 0 Å². The van der Waals surface area contributed by atoms with Gasteiger partial charge in [0, 0.05) is 46.3 Å². The van der Waals surface area contributed by atoms with Crippen LogP contribution in [0.25, 0.3) is 0 Å². The van der Waals surface area contributed by atoms with Crippen LogP contribution >= 0.6 is 11.3 Å². The van der Waals surface area contributed by atoms with Gasteiger partial charge >= 0.3 is 0 Å². The van der Waals surface area contributed by atoms with Crippen molar-refractivity contribution in [2.75, 3.05) is 64.3 Å². The summed E-state index contributed by atoms with van der Waals surface area (Å²) in [5.41, 5.74) is 0. The molecule has 1 atom stereocenters. The lowest BCUT2D eigenvalue weighted by molar-refractivity contribution is 0.322. The molecule has 2 aliphatic heterocycles. The average Bonchev–Trinajstić information content (AvgIpc) is 3.28. The summed E-state index contributed by atoms with van der Waals surface area (Å²) < 4.78 is 0. The molecule has 6 heteroatoms. The number of piperazine rings is 1. The van der Waals surface area contributed by atoms with Gasteiger partial charge < -0.3 is 20.0 Å². The Kier molecular flexibility index (Phi) is 6.37. The molecule has 1 aromatic rings. The van der Waals surface area contributed by atoms with Crippen LogP contribution in [0.1, 0.15) is 19.8 Å². The molecule has 0 radical (unpaired) electrons. The number of aliphatic imine (C=N–C) groups is 1. The Balaban J connectivity index is 1.42. The van der Waals surface area contributed by atoms with Crippen LogP contribution in [0.3, 0.4) is 0 Å². The minimum absolute atomic E-state index is 0.765. The van der Waals surface area contributed by atoms with Crippen LogP contribution in [-0.2, 0) is 0 Å². The summed E-state index contributed by atoms with van der Waals surface area (Å²) in [6, 6.07) is 4.35. The molecule has 3 rings (SSSR count). The monoisotopic (exact) mass is 349 g/mol. The number of thiophene rings is 1. The van der Waals surface area contributed by atoms with E-state index in [0.29, 0.717) is 0 Å². The molecular weight excluding hydrogens is 318 g/mol. The topological polar surface area (TPSA) is 34.1 Å². The molecule has 0 saturated carbocycles. The number of hydrogen-bond donors (Lipinski definition) is 1. The molecule has 2 fully saturated rings. The summed E-state index contributed by atoms with van der Waals surface area (Å²) in [5, 5.41) is 7.17. The third-order valence-electron chi connectivity index (χ3n) is 5.07. The van der Waals surface area contributed by atoms with Crippen molar-refractivity contribution in [3.63, 3.8) is 0 Å². The number of rotatable bonds is 5. The molecular formula is C18H31N5S. The SMILES string of the molecule is CCCN1CCC(CNC(=NC)N2CCN(c3cccs3)CC2)C1. The summed E-state index contributed by atoms with van der Waals surface area (Å²) in [4.78, 5) is 12.0. The zero-order valence-corrected chi connectivity index (χ0v) is 15.9. The van der Waals surface area contributed by atoms with E-state index in [1.165, 1.54) is 37.5 Å². The van der Waals surface area contributed by atoms with Crippen molar-refractivity contribution in [2.45, 2.75) is 19.8 Å². The van der Waals surface area contributed by atoms with E-state index in [2.05, 4.69) is 49.4 Å². The minimum atomic E-state index is 0.765. The van der Waals surface area contributed by atoms with Crippen LogP contribution in [0, 0.1) is 5.92 Å². The molecule has 3 heterocycles. The first kappa shape index (κ1) is 17.5. The first-order valence-electron chi connectivity index (χ1n) is 9.26. The zero-order chi connectivity index (χ0) is 16.8. The Hall–Kier alpha value is -1.27. The van der Waals surface area contributed by atoms with Crippen molar-refractivity contribution in [2.24, 2.45) is 10.9 Å². The number of likely N-dealkylation sites (tertiary alicyclic amines) is 1. The maximum absolute atomic E-state index is 4.52.